The maximum atomic E-state index is 5.09. The summed E-state index contributed by atoms with van der Waals surface area (Å²) in [6, 6.07) is 1.80. The molecular formula is C6H6N2O2. The fourth-order valence-electron chi connectivity index (χ4n) is 0.812. The van der Waals surface area contributed by atoms with E-state index in [0.717, 1.165) is 11.2 Å². The van der Waals surface area contributed by atoms with E-state index < -0.39 is 0 Å². The smallest absolute Gasteiger partial charge is 0.395 e. The zero-order valence-corrected chi connectivity index (χ0v) is 5.42. The van der Waals surface area contributed by atoms with Crippen LogP contribution in [-0.2, 0) is 0 Å². The first-order valence-corrected chi connectivity index (χ1v) is 2.88. The van der Waals surface area contributed by atoms with E-state index in [0.29, 0.717) is 6.08 Å². The van der Waals surface area contributed by atoms with Crippen LogP contribution in [0.2, 0.25) is 0 Å². The predicted molar refractivity (Wildman–Crippen MR) is 34.9 cm³/mol. The highest BCUT2D eigenvalue weighted by Gasteiger charge is 2.03. The summed E-state index contributed by atoms with van der Waals surface area (Å²) in [5.74, 6) is 0. The lowest BCUT2D eigenvalue weighted by Gasteiger charge is -1.84. The molecule has 2 heterocycles. The van der Waals surface area contributed by atoms with Crippen LogP contribution >= 0.6 is 0 Å². The Morgan fingerprint density at radius 2 is 2.60 bits per heavy atom. The van der Waals surface area contributed by atoms with Crippen LogP contribution in [0.5, 0.6) is 6.08 Å². The van der Waals surface area contributed by atoms with E-state index in [1.807, 2.05) is 0 Å². The number of nitrogens with one attached hydrogen (secondary N) is 1. The lowest BCUT2D eigenvalue weighted by atomic mass is 10.6. The van der Waals surface area contributed by atoms with Gasteiger partial charge in [-0.05, 0) is 0 Å². The third-order valence-electron chi connectivity index (χ3n) is 1.26. The van der Waals surface area contributed by atoms with E-state index >= 15 is 0 Å². The van der Waals surface area contributed by atoms with Gasteiger partial charge in [0, 0.05) is 12.3 Å². The minimum absolute atomic E-state index is 0.293. The highest BCUT2D eigenvalue weighted by molar-refractivity contribution is 5.68. The molecule has 10 heavy (non-hydrogen) atoms. The number of aromatic nitrogens is 2. The van der Waals surface area contributed by atoms with Crippen molar-refractivity contribution in [2.45, 2.75) is 0 Å². The highest BCUT2D eigenvalue weighted by atomic mass is 16.6. The van der Waals surface area contributed by atoms with Gasteiger partial charge in [-0.3, -0.25) is 0 Å². The van der Waals surface area contributed by atoms with Gasteiger partial charge in [0.1, 0.15) is 0 Å². The third-order valence-corrected chi connectivity index (χ3v) is 1.26. The van der Waals surface area contributed by atoms with E-state index in [1.54, 1.807) is 12.3 Å². The first kappa shape index (κ1) is 5.34. The number of methoxy groups -OCH3 is 1. The number of H-pyrrole nitrogens is 1. The van der Waals surface area contributed by atoms with Gasteiger partial charge >= 0.3 is 6.08 Å². The maximum absolute atomic E-state index is 5.09. The normalized spacial score (nSPS) is 10.5. The van der Waals surface area contributed by atoms with Gasteiger partial charge in [-0.1, -0.05) is 0 Å². The zero-order valence-electron chi connectivity index (χ0n) is 5.42. The highest BCUT2D eigenvalue weighted by Crippen LogP contribution is 2.17. The molecule has 0 atom stereocenters. The summed E-state index contributed by atoms with van der Waals surface area (Å²) in [6.07, 6.45) is 2.06. The molecule has 0 aromatic carbocycles. The summed E-state index contributed by atoms with van der Waals surface area (Å²) < 4.78 is 9.85. The van der Waals surface area contributed by atoms with Gasteiger partial charge in [0.25, 0.3) is 0 Å². The van der Waals surface area contributed by atoms with Crippen molar-refractivity contribution < 1.29 is 9.15 Å². The van der Waals surface area contributed by atoms with Crippen LogP contribution in [-0.4, -0.2) is 17.1 Å². The fourth-order valence-corrected chi connectivity index (χ4v) is 0.812. The molecule has 0 aliphatic rings. The number of fused-ring (bicyclic) bond motifs is 1. The van der Waals surface area contributed by atoms with Gasteiger partial charge in [-0.2, -0.15) is 4.98 Å². The van der Waals surface area contributed by atoms with Crippen LogP contribution in [0.15, 0.2) is 16.7 Å². The minimum Gasteiger partial charge on any atom is -0.453 e. The van der Waals surface area contributed by atoms with Gasteiger partial charge in [0.15, 0.2) is 11.2 Å². The standard InChI is InChI=1S/C6H6N2O2/c1-9-6-8-5-4(10-6)2-3-7-5/h2-3,7H,1H3. The monoisotopic (exact) mass is 138 g/mol. The van der Waals surface area contributed by atoms with E-state index in [-0.39, 0.29) is 0 Å². The second-order valence-electron chi connectivity index (χ2n) is 1.87. The molecule has 0 saturated carbocycles. The molecule has 2 aromatic rings. The van der Waals surface area contributed by atoms with Crippen molar-refractivity contribution in [2.75, 3.05) is 7.11 Å². The van der Waals surface area contributed by atoms with Crippen LogP contribution in [0, 0.1) is 0 Å². The molecule has 2 aromatic heterocycles. The van der Waals surface area contributed by atoms with Crippen LogP contribution in [0.25, 0.3) is 11.2 Å². The number of nitrogens with zero attached hydrogens (tertiary/aromatic N) is 1. The van der Waals surface area contributed by atoms with Crippen molar-refractivity contribution in [2.24, 2.45) is 0 Å². The Morgan fingerprint density at radius 3 is 3.30 bits per heavy atom. The topological polar surface area (TPSA) is 51.0 Å². The summed E-state index contributed by atoms with van der Waals surface area (Å²) in [4.78, 5) is 6.84. The van der Waals surface area contributed by atoms with Crippen molar-refractivity contribution in [3.63, 3.8) is 0 Å². The average Bonchev–Trinajstić information content (AvgIpc) is 2.42. The molecule has 0 unspecified atom stereocenters. The van der Waals surface area contributed by atoms with E-state index in [2.05, 4.69) is 9.97 Å². The Bertz CT molecular complexity index is 307. The quantitative estimate of drug-likeness (QED) is 0.643. The van der Waals surface area contributed by atoms with Crippen LogP contribution in [0.3, 0.4) is 0 Å². The minimum atomic E-state index is 0.293. The number of aromatic amines is 1. The van der Waals surface area contributed by atoms with Crippen LogP contribution in [0.4, 0.5) is 0 Å². The Labute approximate surface area is 56.8 Å². The Hall–Kier alpha value is -1.45. The summed E-state index contributed by atoms with van der Waals surface area (Å²) in [5.41, 5.74) is 1.44. The first-order chi connectivity index (χ1) is 4.90. The predicted octanol–water partition coefficient (Wildman–Crippen LogP) is 1.16. The van der Waals surface area contributed by atoms with Gasteiger partial charge in [-0.15, -0.1) is 0 Å². The van der Waals surface area contributed by atoms with Crippen molar-refractivity contribution >= 4 is 11.2 Å². The van der Waals surface area contributed by atoms with Gasteiger partial charge in [0.05, 0.1) is 7.11 Å². The van der Waals surface area contributed by atoms with Gasteiger partial charge in [-0.25, -0.2) is 0 Å². The molecule has 2 rings (SSSR count). The molecule has 0 fully saturated rings. The molecule has 0 radical (unpaired) electrons. The number of hydrogen-bond acceptors (Lipinski definition) is 3. The molecule has 4 nitrogen and oxygen atoms in total. The summed E-state index contributed by atoms with van der Waals surface area (Å²) in [5, 5.41) is 0. The van der Waals surface area contributed by atoms with Crippen molar-refractivity contribution in [1.29, 1.82) is 0 Å². The Kier molecular flexibility index (Phi) is 0.943. The Morgan fingerprint density at radius 1 is 1.70 bits per heavy atom. The molecule has 0 aliphatic heterocycles. The SMILES string of the molecule is COc1nc2[nH]ccc2o1. The molecule has 0 saturated heterocycles. The van der Waals surface area contributed by atoms with E-state index in [4.69, 9.17) is 9.15 Å². The maximum Gasteiger partial charge on any atom is 0.395 e. The number of rotatable bonds is 1. The number of oxazole rings is 1. The molecule has 0 amide bonds. The molecule has 4 heteroatoms. The van der Waals surface area contributed by atoms with Crippen LogP contribution < -0.4 is 4.74 Å². The van der Waals surface area contributed by atoms with Gasteiger partial charge < -0.3 is 14.1 Å². The second kappa shape index (κ2) is 1.76. The second-order valence-corrected chi connectivity index (χ2v) is 1.87. The average molecular weight is 138 g/mol. The van der Waals surface area contributed by atoms with Crippen molar-refractivity contribution in [1.82, 2.24) is 9.97 Å². The zero-order chi connectivity index (χ0) is 6.97. The van der Waals surface area contributed by atoms with E-state index in [9.17, 15) is 0 Å². The number of hydrogen-bond donors (Lipinski definition) is 1. The van der Waals surface area contributed by atoms with Gasteiger partial charge in [0.2, 0.25) is 0 Å². The van der Waals surface area contributed by atoms with Crippen LogP contribution in [0.1, 0.15) is 0 Å². The lowest BCUT2D eigenvalue weighted by Crippen LogP contribution is -1.79. The number of ether oxygens (including phenoxy) is 1. The lowest BCUT2D eigenvalue weighted by molar-refractivity contribution is 0.299. The summed E-state index contributed by atoms with van der Waals surface area (Å²) in [7, 11) is 1.52. The largest absolute Gasteiger partial charge is 0.453 e. The van der Waals surface area contributed by atoms with Crippen molar-refractivity contribution in [3.8, 4) is 6.08 Å². The summed E-state index contributed by atoms with van der Waals surface area (Å²) in [6.45, 7) is 0. The third kappa shape index (κ3) is 0.586. The molecule has 1 N–H and O–H groups in total. The molecule has 0 spiro atoms. The van der Waals surface area contributed by atoms with Crippen molar-refractivity contribution in [3.05, 3.63) is 12.3 Å². The van der Waals surface area contributed by atoms with E-state index in [1.165, 1.54) is 7.11 Å². The molecule has 0 bridgehead atoms. The Balaban J connectivity index is 2.67. The fraction of sp³-hybridized carbons (Fsp3) is 0.167. The first-order valence-electron chi connectivity index (χ1n) is 2.88. The summed E-state index contributed by atoms with van der Waals surface area (Å²) >= 11 is 0. The molecule has 0 aliphatic carbocycles. The molecule has 52 valence electrons. The molecular weight excluding hydrogens is 132 g/mol.